The first-order valence-electron chi connectivity index (χ1n) is 6.04. The molecule has 6 heteroatoms. The van der Waals surface area contributed by atoms with Gasteiger partial charge >= 0.3 is 0 Å². The Bertz CT molecular complexity index is 598. The van der Waals surface area contributed by atoms with Crippen LogP contribution >= 0.6 is 0 Å². The molecule has 2 aromatic heterocycles. The normalized spacial score (nSPS) is 9.90. The predicted octanol–water partition coefficient (Wildman–Crippen LogP) is 2.06. The molecule has 0 bridgehead atoms. The largest absolute Gasteiger partial charge is 0.311 e. The van der Waals surface area contributed by atoms with Gasteiger partial charge in [-0.3, -0.25) is 9.59 Å². The monoisotopic (exact) mass is 270 g/mol. The second-order valence-corrected chi connectivity index (χ2v) is 4.18. The van der Waals surface area contributed by atoms with E-state index in [1.54, 1.807) is 36.4 Å². The van der Waals surface area contributed by atoms with E-state index in [1.807, 2.05) is 0 Å². The van der Waals surface area contributed by atoms with E-state index in [9.17, 15) is 9.59 Å². The summed E-state index contributed by atoms with van der Waals surface area (Å²) in [7, 11) is 0. The Morgan fingerprint density at radius 3 is 1.55 bits per heavy atom. The lowest BCUT2D eigenvalue weighted by Gasteiger charge is -2.06. The Morgan fingerprint density at radius 2 is 1.20 bits per heavy atom. The van der Waals surface area contributed by atoms with Crippen molar-refractivity contribution in [2.24, 2.45) is 0 Å². The molecule has 0 unspecified atom stereocenters. The lowest BCUT2D eigenvalue weighted by Crippen LogP contribution is -2.08. The quantitative estimate of drug-likeness (QED) is 0.894. The fourth-order valence-corrected chi connectivity index (χ4v) is 1.65. The Hall–Kier alpha value is -2.76. The van der Waals surface area contributed by atoms with Gasteiger partial charge in [-0.2, -0.15) is 0 Å². The molecule has 0 saturated carbocycles. The predicted molar refractivity (Wildman–Crippen MR) is 76.1 cm³/mol. The van der Waals surface area contributed by atoms with Crippen LogP contribution in [-0.4, -0.2) is 21.8 Å². The van der Waals surface area contributed by atoms with Crippen molar-refractivity contribution >= 4 is 23.5 Å². The number of anilines is 2. The van der Waals surface area contributed by atoms with Crippen molar-refractivity contribution in [3.63, 3.8) is 0 Å². The summed E-state index contributed by atoms with van der Waals surface area (Å²) in [5.41, 5.74) is 1.23. The van der Waals surface area contributed by atoms with Gasteiger partial charge in [-0.25, -0.2) is 9.97 Å². The first-order valence-corrected chi connectivity index (χ1v) is 6.04. The maximum atomic E-state index is 11.0. The van der Waals surface area contributed by atoms with Gasteiger partial charge in [-0.05, 0) is 24.3 Å². The van der Waals surface area contributed by atoms with Gasteiger partial charge in [0.1, 0.15) is 11.6 Å². The second-order valence-electron chi connectivity index (χ2n) is 4.18. The summed E-state index contributed by atoms with van der Waals surface area (Å²) in [6, 6.07) is 10.5. The Kier molecular flexibility index (Phi) is 4.05. The van der Waals surface area contributed by atoms with Gasteiger partial charge in [0.05, 0.1) is 11.4 Å². The third-order valence-electron chi connectivity index (χ3n) is 2.37. The number of hydrogen-bond donors (Lipinski definition) is 2. The van der Waals surface area contributed by atoms with Crippen molar-refractivity contribution in [3.05, 3.63) is 36.4 Å². The Labute approximate surface area is 116 Å². The van der Waals surface area contributed by atoms with Crippen LogP contribution in [0.15, 0.2) is 36.4 Å². The maximum absolute atomic E-state index is 11.0. The molecule has 2 aromatic rings. The SMILES string of the molecule is CC(=O)Nc1cccc(-c2cccc(NC(C)=O)n2)n1. The Balaban J connectivity index is 2.31. The fraction of sp³-hybridized carbons (Fsp3) is 0.143. The highest BCUT2D eigenvalue weighted by atomic mass is 16.2. The van der Waals surface area contributed by atoms with Gasteiger partial charge in [-0.15, -0.1) is 0 Å². The van der Waals surface area contributed by atoms with E-state index in [1.165, 1.54) is 13.8 Å². The first-order chi connectivity index (χ1) is 9.54. The zero-order valence-corrected chi connectivity index (χ0v) is 11.2. The van der Waals surface area contributed by atoms with E-state index in [0.29, 0.717) is 23.0 Å². The third-order valence-corrected chi connectivity index (χ3v) is 2.37. The molecule has 6 nitrogen and oxygen atoms in total. The van der Waals surface area contributed by atoms with E-state index >= 15 is 0 Å². The number of aromatic nitrogens is 2. The molecular formula is C14H14N4O2. The summed E-state index contributed by atoms with van der Waals surface area (Å²) >= 11 is 0. The summed E-state index contributed by atoms with van der Waals surface area (Å²) in [6.45, 7) is 2.84. The minimum atomic E-state index is -0.186. The molecule has 0 atom stereocenters. The van der Waals surface area contributed by atoms with Gasteiger partial charge in [0.2, 0.25) is 11.8 Å². The van der Waals surface area contributed by atoms with Gasteiger partial charge in [0.15, 0.2) is 0 Å². The fourth-order valence-electron chi connectivity index (χ4n) is 1.65. The molecule has 0 aliphatic heterocycles. The van der Waals surface area contributed by atoms with E-state index < -0.39 is 0 Å². The van der Waals surface area contributed by atoms with Gasteiger partial charge in [0.25, 0.3) is 0 Å². The summed E-state index contributed by atoms with van der Waals surface area (Å²) in [5.74, 6) is 0.549. The van der Waals surface area contributed by atoms with Crippen molar-refractivity contribution in [2.75, 3.05) is 10.6 Å². The zero-order chi connectivity index (χ0) is 14.5. The number of carbonyl (C=O) groups excluding carboxylic acids is 2. The molecule has 0 radical (unpaired) electrons. The zero-order valence-electron chi connectivity index (χ0n) is 11.2. The molecule has 0 spiro atoms. The number of amides is 2. The van der Waals surface area contributed by atoms with Crippen LogP contribution in [0, 0.1) is 0 Å². The van der Waals surface area contributed by atoms with Crippen LogP contribution < -0.4 is 10.6 Å². The molecule has 2 N–H and O–H groups in total. The van der Waals surface area contributed by atoms with E-state index in [-0.39, 0.29) is 11.8 Å². The smallest absolute Gasteiger partial charge is 0.222 e. The van der Waals surface area contributed by atoms with Crippen LogP contribution in [0.2, 0.25) is 0 Å². The van der Waals surface area contributed by atoms with Crippen molar-refractivity contribution in [3.8, 4) is 11.4 Å². The molecule has 2 rings (SSSR count). The minimum absolute atomic E-state index is 0.186. The minimum Gasteiger partial charge on any atom is -0.311 e. The molecule has 0 aliphatic carbocycles. The van der Waals surface area contributed by atoms with Crippen LogP contribution in [0.1, 0.15) is 13.8 Å². The summed E-state index contributed by atoms with van der Waals surface area (Å²) in [6.07, 6.45) is 0. The van der Waals surface area contributed by atoms with Crippen molar-refractivity contribution in [2.45, 2.75) is 13.8 Å². The molecular weight excluding hydrogens is 256 g/mol. The number of nitrogens with one attached hydrogen (secondary N) is 2. The van der Waals surface area contributed by atoms with Crippen molar-refractivity contribution in [1.29, 1.82) is 0 Å². The number of pyridine rings is 2. The van der Waals surface area contributed by atoms with E-state index in [4.69, 9.17) is 0 Å². The second kappa shape index (κ2) is 5.92. The van der Waals surface area contributed by atoms with Crippen LogP contribution in [-0.2, 0) is 9.59 Å². The number of hydrogen-bond acceptors (Lipinski definition) is 4. The topological polar surface area (TPSA) is 84.0 Å². The molecule has 0 fully saturated rings. The molecule has 0 saturated heterocycles. The molecule has 0 aliphatic rings. The molecule has 2 heterocycles. The molecule has 2 amide bonds. The van der Waals surface area contributed by atoms with E-state index in [2.05, 4.69) is 20.6 Å². The highest BCUT2D eigenvalue weighted by molar-refractivity contribution is 5.88. The van der Waals surface area contributed by atoms with Crippen molar-refractivity contribution in [1.82, 2.24) is 9.97 Å². The number of nitrogens with zero attached hydrogens (tertiary/aromatic N) is 2. The van der Waals surface area contributed by atoms with Crippen LogP contribution in [0.3, 0.4) is 0 Å². The highest BCUT2D eigenvalue weighted by Crippen LogP contribution is 2.18. The first kappa shape index (κ1) is 13.7. The molecule has 20 heavy (non-hydrogen) atoms. The van der Waals surface area contributed by atoms with Gasteiger partial charge in [-0.1, -0.05) is 12.1 Å². The van der Waals surface area contributed by atoms with Crippen LogP contribution in [0.4, 0.5) is 11.6 Å². The summed E-state index contributed by atoms with van der Waals surface area (Å²) in [4.78, 5) is 30.6. The summed E-state index contributed by atoms with van der Waals surface area (Å²) in [5, 5.41) is 5.23. The standard InChI is InChI=1S/C14H14N4O2/c1-9(19)15-13-7-3-5-11(17-13)12-6-4-8-14(18-12)16-10(2)20/h3-8H,1-2H3,(H,15,17,19)(H,16,18,20). The average molecular weight is 270 g/mol. The Morgan fingerprint density at radius 1 is 0.800 bits per heavy atom. The molecule has 102 valence electrons. The molecule has 0 aromatic carbocycles. The van der Waals surface area contributed by atoms with Crippen LogP contribution in [0.25, 0.3) is 11.4 Å². The number of carbonyl (C=O) groups is 2. The lowest BCUT2D eigenvalue weighted by molar-refractivity contribution is -0.115. The lowest BCUT2D eigenvalue weighted by atomic mass is 10.2. The van der Waals surface area contributed by atoms with Crippen molar-refractivity contribution < 1.29 is 9.59 Å². The highest BCUT2D eigenvalue weighted by Gasteiger charge is 2.05. The van der Waals surface area contributed by atoms with Crippen LogP contribution in [0.5, 0.6) is 0 Å². The summed E-state index contributed by atoms with van der Waals surface area (Å²) < 4.78 is 0. The maximum Gasteiger partial charge on any atom is 0.222 e. The van der Waals surface area contributed by atoms with Gasteiger partial charge in [0, 0.05) is 13.8 Å². The third kappa shape index (κ3) is 3.61. The van der Waals surface area contributed by atoms with Gasteiger partial charge < -0.3 is 10.6 Å². The average Bonchev–Trinajstić information content (AvgIpc) is 2.38. The number of rotatable bonds is 3. The van der Waals surface area contributed by atoms with E-state index in [0.717, 1.165) is 0 Å².